The molecule has 2 aromatic rings. The molecule has 0 aromatic heterocycles. The molecule has 0 fully saturated rings. The third kappa shape index (κ3) is 6.76. The summed E-state index contributed by atoms with van der Waals surface area (Å²) in [4.78, 5) is 2.46. The zero-order valence-electron chi connectivity index (χ0n) is 12.4. The predicted molar refractivity (Wildman–Crippen MR) is 93.0 cm³/mol. The van der Waals surface area contributed by atoms with Crippen LogP contribution in [0.25, 0.3) is 0 Å². The maximum Gasteiger partial charge on any atom is 0.0105 e. The van der Waals surface area contributed by atoms with Crippen molar-refractivity contribution in [2.75, 3.05) is 26.2 Å². The molecule has 0 amide bonds. The van der Waals surface area contributed by atoms with Crippen LogP contribution in [0.15, 0.2) is 60.7 Å². The molecule has 0 heterocycles. The van der Waals surface area contributed by atoms with Gasteiger partial charge < -0.3 is 10.6 Å². The van der Waals surface area contributed by atoms with Gasteiger partial charge in [-0.25, -0.2) is 0 Å². The van der Waals surface area contributed by atoms with Crippen LogP contribution >= 0.6 is 12.4 Å². The topological polar surface area (TPSA) is 29.3 Å². The predicted octanol–water partition coefficient (Wildman–Crippen LogP) is 3.15. The molecule has 0 saturated carbocycles. The van der Waals surface area contributed by atoms with Crippen molar-refractivity contribution >= 4 is 12.4 Å². The van der Waals surface area contributed by atoms with E-state index in [2.05, 4.69) is 65.6 Å². The lowest BCUT2D eigenvalue weighted by Gasteiger charge is -2.21. The summed E-state index contributed by atoms with van der Waals surface area (Å²) >= 11 is 0. The molecule has 0 atom stereocenters. The van der Waals surface area contributed by atoms with Gasteiger partial charge in [-0.2, -0.15) is 0 Å². The molecule has 0 bridgehead atoms. The summed E-state index contributed by atoms with van der Waals surface area (Å²) in [6, 6.07) is 21.3. The maximum atomic E-state index is 5.73. The van der Waals surface area contributed by atoms with Crippen LogP contribution in [-0.4, -0.2) is 31.1 Å². The fourth-order valence-corrected chi connectivity index (χ4v) is 2.38. The molecule has 114 valence electrons. The number of halogens is 1. The number of benzene rings is 2. The highest BCUT2D eigenvalue weighted by molar-refractivity contribution is 5.85. The SMILES string of the molecule is Cl.NCCN(CCc1ccccc1)CCc1ccccc1. The summed E-state index contributed by atoms with van der Waals surface area (Å²) < 4.78 is 0. The van der Waals surface area contributed by atoms with Crippen LogP contribution in [0.5, 0.6) is 0 Å². The first kappa shape index (κ1) is 17.7. The van der Waals surface area contributed by atoms with Gasteiger partial charge in [0.15, 0.2) is 0 Å². The summed E-state index contributed by atoms with van der Waals surface area (Å²) in [5.74, 6) is 0. The third-order valence-electron chi connectivity index (χ3n) is 3.56. The lowest BCUT2D eigenvalue weighted by Crippen LogP contribution is -2.33. The summed E-state index contributed by atoms with van der Waals surface area (Å²) in [5.41, 5.74) is 8.52. The van der Waals surface area contributed by atoms with Crippen molar-refractivity contribution in [3.05, 3.63) is 71.8 Å². The van der Waals surface area contributed by atoms with Gasteiger partial charge in [0.2, 0.25) is 0 Å². The van der Waals surface area contributed by atoms with Gasteiger partial charge in [0.25, 0.3) is 0 Å². The third-order valence-corrected chi connectivity index (χ3v) is 3.56. The second-order valence-corrected chi connectivity index (χ2v) is 5.10. The summed E-state index contributed by atoms with van der Waals surface area (Å²) in [5, 5.41) is 0. The molecule has 0 aliphatic rings. The lowest BCUT2D eigenvalue weighted by atomic mass is 10.1. The number of rotatable bonds is 8. The van der Waals surface area contributed by atoms with Gasteiger partial charge >= 0.3 is 0 Å². The van der Waals surface area contributed by atoms with E-state index in [0.29, 0.717) is 0 Å². The molecular formula is C18H25ClN2. The lowest BCUT2D eigenvalue weighted by molar-refractivity contribution is 0.288. The minimum Gasteiger partial charge on any atom is -0.329 e. The van der Waals surface area contributed by atoms with E-state index in [-0.39, 0.29) is 12.4 Å². The highest BCUT2D eigenvalue weighted by atomic mass is 35.5. The summed E-state index contributed by atoms with van der Waals surface area (Å²) in [7, 11) is 0. The molecule has 0 aliphatic carbocycles. The second-order valence-electron chi connectivity index (χ2n) is 5.10. The van der Waals surface area contributed by atoms with Crippen LogP contribution in [0.2, 0.25) is 0 Å². The van der Waals surface area contributed by atoms with Crippen LogP contribution in [0.4, 0.5) is 0 Å². The molecule has 0 unspecified atom stereocenters. The Labute approximate surface area is 134 Å². The van der Waals surface area contributed by atoms with Crippen LogP contribution in [0, 0.1) is 0 Å². The van der Waals surface area contributed by atoms with Gasteiger partial charge in [0.05, 0.1) is 0 Å². The monoisotopic (exact) mass is 304 g/mol. The average molecular weight is 305 g/mol. The first-order valence-electron chi connectivity index (χ1n) is 7.39. The molecule has 0 saturated heterocycles. The zero-order valence-corrected chi connectivity index (χ0v) is 13.3. The normalized spacial score (nSPS) is 10.4. The minimum atomic E-state index is 0. The minimum absolute atomic E-state index is 0. The Morgan fingerprint density at radius 1 is 0.667 bits per heavy atom. The molecule has 2 nitrogen and oxygen atoms in total. The number of nitrogens with two attached hydrogens (primary N) is 1. The highest BCUT2D eigenvalue weighted by Crippen LogP contribution is 2.04. The van der Waals surface area contributed by atoms with E-state index >= 15 is 0 Å². The highest BCUT2D eigenvalue weighted by Gasteiger charge is 2.04. The Bertz CT molecular complexity index is 430. The quantitative estimate of drug-likeness (QED) is 0.812. The van der Waals surface area contributed by atoms with Gasteiger partial charge in [0, 0.05) is 26.2 Å². The average Bonchev–Trinajstić information content (AvgIpc) is 2.52. The fourth-order valence-electron chi connectivity index (χ4n) is 2.38. The van der Waals surface area contributed by atoms with Crippen LogP contribution in [-0.2, 0) is 12.8 Å². The van der Waals surface area contributed by atoms with Gasteiger partial charge in [-0.05, 0) is 24.0 Å². The number of hydrogen-bond donors (Lipinski definition) is 1. The Balaban J connectivity index is 0.00000220. The van der Waals surface area contributed by atoms with Crippen molar-refractivity contribution in [1.29, 1.82) is 0 Å². The molecule has 0 aliphatic heterocycles. The van der Waals surface area contributed by atoms with Crippen LogP contribution < -0.4 is 5.73 Å². The Kier molecular flexibility index (Phi) is 8.76. The van der Waals surface area contributed by atoms with E-state index in [9.17, 15) is 0 Å². The smallest absolute Gasteiger partial charge is 0.0105 e. The van der Waals surface area contributed by atoms with E-state index in [4.69, 9.17) is 5.73 Å². The van der Waals surface area contributed by atoms with Crippen molar-refractivity contribution in [2.24, 2.45) is 5.73 Å². The molecule has 0 spiro atoms. The summed E-state index contributed by atoms with van der Waals surface area (Å²) in [6.45, 7) is 3.85. The van der Waals surface area contributed by atoms with Crippen molar-refractivity contribution in [3.63, 3.8) is 0 Å². The van der Waals surface area contributed by atoms with Crippen molar-refractivity contribution in [3.8, 4) is 0 Å². The molecule has 0 radical (unpaired) electrons. The van der Waals surface area contributed by atoms with Crippen molar-refractivity contribution < 1.29 is 0 Å². The largest absolute Gasteiger partial charge is 0.329 e. The molecule has 3 heteroatoms. The first-order chi connectivity index (χ1) is 9.88. The number of hydrogen-bond acceptors (Lipinski definition) is 2. The standard InChI is InChI=1S/C18H24N2.ClH/c19-13-16-20(14-11-17-7-3-1-4-8-17)15-12-18-9-5-2-6-10-18;/h1-10H,11-16,19H2;1H. The Hall–Kier alpha value is -1.35. The van der Waals surface area contributed by atoms with Crippen molar-refractivity contribution in [1.82, 2.24) is 4.90 Å². The van der Waals surface area contributed by atoms with Crippen molar-refractivity contribution in [2.45, 2.75) is 12.8 Å². The van der Waals surface area contributed by atoms with Gasteiger partial charge in [0.1, 0.15) is 0 Å². The molecule has 2 aromatic carbocycles. The fraction of sp³-hybridized carbons (Fsp3) is 0.333. The van der Waals surface area contributed by atoms with Gasteiger partial charge in [-0.15, -0.1) is 12.4 Å². The van der Waals surface area contributed by atoms with E-state index < -0.39 is 0 Å². The molecular weight excluding hydrogens is 280 g/mol. The molecule has 2 rings (SSSR count). The van der Waals surface area contributed by atoms with Crippen LogP contribution in [0.3, 0.4) is 0 Å². The van der Waals surface area contributed by atoms with Gasteiger partial charge in [-0.1, -0.05) is 60.7 Å². The Morgan fingerprint density at radius 3 is 1.48 bits per heavy atom. The molecule has 21 heavy (non-hydrogen) atoms. The molecule has 2 N–H and O–H groups in total. The van der Waals surface area contributed by atoms with E-state index in [1.165, 1.54) is 11.1 Å². The second kappa shape index (κ2) is 10.4. The van der Waals surface area contributed by atoms with Crippen LogP contribution in [0.1, 0.15) is 11.1 Å². The van der Waals surface area contributed by atoms with Gasteiger partial charge in [-0.3, -0.25) is 0 Å². The Morgan fingerprint density at radius 2 is 1.10 bits per heavy atom. The summed E-state index contributed by atoms with van der Waals surface area (Å²) in [6.07, 6.45) is 2.19. The van der Waals surface area contributed by atoms with E-state index in [1.807, 2.05) is 0 Å². The first-order valence-corrected chi connectivity index (χ1v) is 7.39. The number of nitrogens with zero attached hydrogens (tertiary/aromatic N) is 1. The van der Waals surface area contributed by atoms with E-state index in [0.717, 1.165) is 39.0 Å². The van der Waals surface area contributed by atoms with E-state index in [1.54, 1.807) is 0 Å². The zero-order chi connectivity index (χ0) is 14.0. The maximum absolute atomic E-state index is 5.73.